The van der Waals surface area contributed by atoms with Crippen molar-refractivity contribution >= 4 is 11.8 Å². The number of nitrogens with zero attached hydrogens (tertiary/aromatic N) is 1. The summed E-state index contributed by atoms with van der Waals surface area (Å²) in [5.74, 6) is -0.443. The second-order valence-corrected chi connectivity index (χ2v) is 3.96. The first-order chi connectivity index (χ1) is 7.29. The monoisotopic (exact) mass is 219 g/mol. The average molecular weight is 219 g/mol. The lowest BCUT2D eigenvalue weighted by Gasteiger charge is -2.02. The second-order valence-electron chi connectivity index (χ2n) is 3.08. The summed E-state index contributed by atoms with van der Waals surface area (Å²) in [6, 6.07) is 12.7. The van der Waals surface area contributed by atoms with E-state index in [0.717, 1.165) is 10.5 Å². The van der Waals surface area contributed by atoms with Gasteiger partial charge in [0.15, 0.2) is 0 Å². The van der Waals surface area contributed by atoms with Crippen LogP contribution in [-0.4, -0.2) is 11.2 Å². The zero-order chi connectivity index (χ0) is 10.7. The van der Waals surface area contributed by atoms with Crippen molar-refractivity contribution in [3.8, 4) is 11.3 Å². The smallest absolute Gasteiger partial charge is 0.213 e. The molecule has 0 aliphatic carbocycles. The van der Waals surface area contributed by atoms with E-state index >= 15 is 0 Å². The Morgan fingerprint density at radius 3 is 2.67 bits per heavy atom. The molecule has 0 bridgehead atoms. The highest BCUT2D eigenvalue weighted by Gasteiger charge is 2.01. The van der Waals surface area contributed by atoms with Crippen molar-refractivity contribution in [3.63, 3.8) is 0 Å². The Labute approximate surface area is 92.4 Å². The molecule has 0 unspecified atom stereocenters. The molecule has 0 radical (unpaired) electrons. The van der Waals surface area contributed by atoms with Gasteiger partial charge in [-0.25, -0.2) is 4.98 Å². The Hall–Kier alpha value is -1.35. The van der Waals surface area contributed by atoms with Gasteiger partial charge in [-0.05, 0) is 30.5 Å². The molecular formula is C12H10FNS. The van der Waals surface area contributed by atoms with Crippen LogP contribution >= 0.6 is 11.8 Å². The normalized spacial score (nSPS) is 10.3. The molecule has 2 rings (SSSR count). The Balaban J connectivity index is 2.44. The molecule has 0 aliphatic heterocycles. The van der Waals surface area contributed by atoms with Crippen LogP contribution in [-0.2, 0) is 0 Å². The van der Waals surface area contributed by atoms with Gasteiger partial charge in [0.05, 0.1) is 5.69 Å². The van der Waals surface area contributed by atoms with Gasteiger partial charge < -0.3 is 0 Å². The van der Waals surface area contributed by atoms with Crippen molar-refractivity contribution in [1.82, 2.24) is 4.98 Å². The summed E-state index contributed by atoms with van der Waals surface area (Å²) in [4.78, 5) is 4.99. The first kappa shape index (κ1) is 10.2. The summed E-state index contributed by atoms with van der Waals surface area (Å²) in [5, 5.41) is 0. The first-order valence-electron chi connectivity index (χ1n) is 4.56. The van der Waals surface area contributed by atoms with Crippen molar-refractivity contribution < 1.29 is 4.39 Å². The minimum absolute atomic E-state index is 0.443. The molecule has 0 N–H and O–H groups in total. The number of benzene rings is 1. The van der Waals surface area contributed by atoms with E-state index in [2.05, 4.69) is 4.98 Å². The van der Waals surface area contributed by atoms with Crippen LogP contribution in [0.5, 0.6) is 0 Å². The molecule has 1 heterocycles. The van der Waals surface area contributed by atoms with E-state index in [-0.39, 0.29) is 0 Å². The summed E-state index contributed by atoms with van der Waals surface area (Å²) in [6.45, 7) is 0. The van der Waals surface area contributed by atoms with Gasteiger partial charge in [-0.3, -0.25) is 0 Å². The van der Waals surface area contributed by atoms with Gasteiger partial charge in [0.1, 0.15) is 0 Å². The third-order valence-electron chi connectivity index (χ3n) is 2.08. The van der Waals surface area contributed by atoms with Gasteiger partial charge >= 0.3 is 0 Å². The van der Waals surface area contributed by atoms with Gasteiger partial charge in [-0.2, -0.15) is 4.39 Å². The number of thioether (sulfide) groups is 1. The molecule has 2 aromatic rings. The van der Waals surface area contributed by atoms with Gasteiger partial charge in [0, 0.05) is 10.5 Å². The lowest BCUT2D eigenvalue weighted by molar-refractivity contribution is 0.585. The fourth-order valence-corrected chi connectivity index (χ4v) is 1.81. The molecule has 3 heteroatoms. The molecule has 0 saturated carbocycles. The Bertz CT molecular complexity index is 471. The maximum atomic E-state index is 12.9. The Kier molecular flexibility index (Phi) is 3.02. The predicted octanol–water partition coefficient (Wildman–Crippen LogP) is 3.61. The fourth-order valence-electron chi connectivity index (χ4n) is 1.35. The van der Waals surface area contributed by atoms with Gasteiger partial charge in [0.25, 0.3) is 0 Å². The topological polar surface area (TPSA) is 12.9 Å². The molecule has 0 spiro atoms. The van der Waals surface area contributed by atoms with Crippen molar-refractivity contribution in [2.75, 3.05) is 6.26 Å². The maximum Gasteiger partial charge on any atom is 0.213 e. The second kappa shape index (κ2) is 4.45. The van der Waals surface area contributed by atoms with Gasteiger partial charge in [-0.15, -0.1) is 11.8 Å². The van der Waals surface area contributed by atoms with Crippen LogP contribution in [0.15, 0.2) is 47.4 Å². The molecule has 0 aliphatic rings. The molecule has 0 amide bonds. The van der Waals surface area contributed by atoms with Crippen LogP contribution in [0.1, 0.15) is 0 Å². The van der Waals surface area contributed by atoms with Crippen LogP contribution in [0, 0.1) is 5.95 Å². The minimum Gasteiger partial charge on any atom is -0.220 e. The zero-order valence-corrected chi connectivity index (χ0v) is 9.09. The van der Waals surface area contributed by atoms with Crippen LogP contribution in [0.3, 0.4) is 0 Å². The molecular weight excluding hydrogens is 209 g/mol. The first-order valence-corrected chi connectivity index (χ1v) is 5.79. The van der Waals surface area contributed by atoms with E-state index in [1.54, 1.807) is 17.8 Å². The molecule has 0 atom stereocenters. The predicted molar refractivity (Wildman–Crippen MR) is 61.4 cm³/mol. The van der Waals surface area contributed by atoms with Gasteiger partial charge in [0.2, 0.25) is 5.95 Å². The highest BCUT2D eigenvalue weighted by molar-refractivity contribution is 7.98. The van der Waals surface area contributed by atoms with E-state index in [1.807, 2.05) is 36.6 Å². The summed E-state index contributed by atoms with van der Waals surface area (Å²) >= 11 is 1.66. The Morgan fingerprint density at radius 1 is 1.13 bits per heavy atom. The summed E-state index contributed by atoms with van der Waals surface area (Å²) < 4.78 is 12.9. The molecule has 1 aromatic carbocycles. The fraction of sp³-hybridized carbons (Fsp3) is 0.0833. The SMILES string of the molecule is CSc1cccc(-c2cccc(F)n2)c1. The molecule has 76 valence electrons. The summed E-state index contributed by atoms with van der Waals surface area (Å²) in [5.41, 5.74) is 1.62. The third-order valence-corrected chi connectivity index (χ3v) is 2.81. The number of rotatable bonds is 2. The number of aromatic nitrogens is 1. The lowest BCUT2D eigenvalue weighted by Crippen LogP contribution is -1.86. The largest absolute Gasteiger partial charge is 0.220 e. The number of pyridine rings is 1. The van der Waals surface area contributed by atoms with Crippen LogP contribution in [0.2, 0.25) is 0 Å². The third kappa shape index (κ3) is 2.36. The van der Waals surface area contributed by atoms with Crippen molar-refractivity contribution in [3.05, 3.63) is 48.4 Å². The van der Waals surface area contributed by atoms with Crippen molar-refractivity contribution in [2.24, 2.45) is 0 Å². The molecule has 0 fully saturated rings. The standard InChI is InChI=1S/C12H10FNS/c1-15-10-5-2-4-9(8-10)11-6-3-7-12(13)14-11/h2-8H,1H3. The average Bonchev–Trinajstić information content (AvgIpc) is 2.29. The Morgan fingerprint density at radius 2 is 1.93 bits per heavy atom. The number of hydrogen-bond acceptors (Lipinski definition) is 2. The summed E-state index contributed by atoms with van der Waals surface area (Å²) in [6.07, 6.45) is 2.01. The van der Waals surface area contributed by atoms with E-state index in [1.165, 1.54) is 6.07 Å². The number of halogens is 1. The van der Waals surface area contributed by atoms with Crippen molar-refractivity contribution in [2.45, 2.75) is 4.90 Å². The van der Waals surface area contributed by atoms with E-state index in [0.29, 0.717) is 5.69 Å². The quantitative estimate of drug-likeness (QED) is 0.565. The van der Waals surface area contributed by atoms with E-state index in [9.17, 15) is 4.39 Å². The van der Waals surface area contributed by atoms with E-state index in [4.69, 9.17) is 0 Å². The zero-order valence-electron chi connectivity index (χ0n) is 8.27. The highest BCUT2D eigenvalue weighted by Crippen LogP contribution is 2.22. The summed E-state index contributed by atoms with van der Waals surface area (Å²) in [7, 11) is 0. The molecule has 15 heavy (non-hydrogen) atoms. The molecule has 1 nitrogen and oxygen atoms in total. The minimum atomic E-state index is -0.443. The van der Waals surface area contributed by atoms with Crippen LogP contribution in [0.4, 0.5) is 4.39 Å². The van der Waals surface area contributed by atoms with Crippen molar-refractivity contribution in [1.29, 1.82) is 0 Å². The maximum absolute atomic E-state index is 12.9. The lowest BCUT2D eigenvalue weighted by atomic mass is 10.1. The molecule has 1 aromatic heterocycles. The number of hydrogen-bond donors (Lipinski definition) is 0. The van der Waals surface area contributed by atoms with E-state index < -0.39 is 5.95 Å². The van der Waals surface area contributed by atoms with Crippen LogP contribution in [0.25, 0.3) is 11.3 Å². The molecule has 0 saturated heterocycles. The van der Waals surface area contributed by atoms with Gasteiger partial charge in [-0.1, -0.05) is 18.2 Å². The highest BCUT2D eigenvalue weighted by atomic mass is 32.2. The van der Waals surface area contributed by atoms with Crippen LogP contribution < -0.4 is 0 Å².